The van der Waals surface area contributed by atoms with Crippen LogP contribution in [0.15, 0.2) is 42.5 Å². The number of benzene rings is 2. The van der Waals surface area contributed by atoms with Gasteiger partial charge in [0.05, 0.1) is 22.4 Å². The van der Waals surface area contributed by atoms with Crippen molar-refractivity contribution in [3.05, 3.63) is 64.4 Å². The van der Waals surface area contributed by atoms with Gasteiger partial charge in [0, 0.05) is 27.6 Å². The van der Waals surface area contributed by atoms with Gasteiger partial charge in [0.25, 0.3) is 5.91 Å². The summed E-state index contributed by atoms with van der Waals surface area (Å²) in [6.45, 7) is 7.02. The summed E-state index contributed by atoms with van der Waals surface area (Å²) in [6.07, 6.45) is 2.34. The molecule has 2 aliphatic carbocycles. The molecule has 1 amide bonds. The number of hydrogen-bond donors (Lipinski definition) is 1. The molecule has 1 N–H and O–H groups in total. The van der Waals surface area contributed by atoms with Gasteiger partial charge in [-0.25, -0.2) is 9.97 Å². The van der Waals surface area contributed by atoms with Crippen molar-refractivity contribution >= 4 is 34.2 Å². The van der Waals surface area contributed by atoms with Crippen molar-refractivity contribution in [2.45, 2.75) is 44.9 Å². The molecule has 2 unspecified atom stereocenters. The maximum Gasteiger partial charge on any atom is 0.255 e. The van der Waals surface area contributed by atoms with E-state index in [0.717, 1.165) is 22.4 Å². The van der Waals surface area contributed by atoms with Gasteiger partial charge >= 0.3 is 0 Å². The standard InChI is InChI=1S/C23H22ClN3O/c1-22(2)16-9-10-23(22,3)20-19(16)26-18-12-15(7-8-17(18)27-20)25-21(28)13-5-4-6-14(24)11-13/h4-8,11-12,16H,9-10H2,1-3H3,(H,25,28). The highest BCUT2D eigenvalue weighted by molar-refractivity contribution is 6.31. The summed E-state index contributed by atoms with van der Waals surface area (Å²) in [5.74, 6) is 0.262. The molecule has 28 heavy (non-hydrogen) atoms. The van der Waals surface area contributed by atoms with E-state index in [9.17, 15) is 4.79 Å². The Morgan fingerprint density at radius 1 is 1.11 bits per heavy atom. The normalized spacial score (nSPS) is 24.4. The minimum absolute atomic E-state index is 0.0909. The van der Waals surface area contributed by atoms with Gasteiger partial charge in [-0.1, -0.05) is 38.4 Å². The van der Waals surface area contributed by atoms with E-state index in [1.54, 1.807) is 24.3 Å². The summed E-state index contributed by atoms with van der Waals surface area (Å²) >= 11 is 5.99. The molecule has 0 spiro atoms. The van der Waals surface area contributed by atoms with Gasteiger partial charge in [-0.05, 0) is 54.7 Å². The van der Waals surface area contributed by atoms with Crippen molar-refractivity contribution in [3.63, 3.8) is 0 Å². The van der Waals surface area contributed by atoms with Crippen LogP contribution in [-0.2, 0) is 5.41 Å². The fourth-order valence-corrected chi connectivity index (χ4v) is 5.22. The van der Waals surface area contributed by atoms with Crippen LogP contribution in [0.4, 0.5) is 5.69 Å². The van der Waals surface area contributed by atoms with E-state index >= 15 is 0 Å². The average Bonchev–Trinajstić information content (AvgIpc) is 2.98. The number of nitrogens with one attached hydrogen (secondary N) is 1. The lowest BCUT2D eigenvalue weighted by Gasteiger charge is -2.34. The predicted octanol–water partition coefficient (Wildman–Crippen LogP) is 5.71. The first-order valence-corrected chi connectivity index (χ1v) is 10.1. The third-order valence-electron chi connectivity index (χ3n) is 7.11. The molecule has 1 heterocycles. The van der Waals surface area contributed by atoms with E-state index in [1.807, 2.05) is 18.2 Å². The Balaban J connectivity index is 1.52. The van der Waals surface area contributed by atoms with Crippen LogP contribution in [0.25, 0.3) is 11.0 Å². The zero-order chi connectivity index (χ0) is 19.7. The van der Waals surface area contributed by atoms with E-state index in [0.29, 0.717) is 22.2 Å². The zero-order valence-corrected chi connectivity index (χ0v) is 17.0. The SMILES string of the molecule is CC12CCC(c3nc4cc(NC(=O)c5cccc(Cl)c5)ccc4nc31)C2(C)C. The lowest BCUT2D eigenvalue weighted by atomic mass is 9.70. The molecule has 4 nitrogen and oxygen atoms in total. The Morgan fingerprint density at radius 3 is 2.71 bits per heavy atom. The second-order valence-electron chi connectivity index (χ2n) is 8.77. The van der Waals surface area contributed by atoms with Crippen LogP contribution in [0, 0.1) is 5.41 Å². The molecule has 1 saturated carbocycles. The molecule has 0 saturated heterocycles. The maximum atomic E-state index is 12.5. The molecule has 3 aromatic rings. The lowest BCUT2D eigenvalue weighted by Crippen LogP contribution is -2.31. The molecule has 1 aromatic heterocycles. The number of carbonyl (C=O) groups is 1. The smallest absolute Gasteiger partial charge is 0.255 e. The molecular weight excluding hydrogens is 370 g/mol. The Hall–Kier alpha value is -2.46. The van der Waals surface area contributed by atoms with Gasteiger partial charge in [-0.15, -0.1) is 0 Å². The van der Waals surface area contributed by atoms with E-state index in [-0.39, 0.29) is 16.7 Å². The molecule has 2 atom stereocenters. The minimum atomic E-state index is -0.191. The molecule has 2 aliphatic rings. The number of aromatic nitrogens is 2. The van der Waals surface area contributed by atoms with Gasteiger partial charge < -0.3 is 5.32 Å². The largest absolute Gasteiger partial charge is 0.322 e. The summed E-state index contributed by atoms with van der Waals surface area (Å²) in [7, 11) is 0. The van der Waals surface area contributed by atoms with E-state index in [1.165, 1.54) is 12.8 Å². The molecule has 2 aromatic carbocycles. The first kappa shape index (κ1) is 17.6. The van der Waals surface area contributed by atoms with E-state index < -0.39 is 0 Å². The third kappa shape index (κ3) is 2.34. The molecule has 0 radical (unpaired) electrons. The van der Waals surface area contributed by atoms with Crippen LogP contribution < -0.4 is 5.32 Å². The topological polar surface area (TPSA) is 54.9 Å². The zero-order valence-electron chi connectivity index (χ0n) is 16.2. The van der Waals surface area contributed by atoms with Crippen molar-refractivity contribution in [1.29, 1.82) is 0 Å². The number of amides is 1. The van der Waals surface area contributed by atoms with Crippen LogP contribution in [0.5, 0.6) is 0 Å². The van der Waals surface area contributed by atoms with Crippen LogP contribution in [0.1, 0.15) is 61.3 Å². The molecular formula is C23H22ClN3O. The monoisotopic (exact) mass is 391 g/mol. The first-order valence-electron chi connectivity index (χ1n) is 9.69. The summed E-state index contributed by atoms with van der Waals surface area (Å²) < 4.78 is 0. The Labute approximate surface area is 169 Å². The van der Waals surface area contributed by atoms with Crippen molar-refractivity contribution in [2.24, 2.45) is 5.41 Å². The van der Waals surface area contributed by atoms with Crippen LogP contribution in [0.3, 0.4) is 0 Å². The van der Waals surface area contributed by atoms with Gasteiger partial charge in [-0.3, -0.25) is 4.79 Å². The average molecular weight is 392 g/mol. The van der Waals surface area contributed by atoms with Crippen LogP contribution in [0.2, 0.25) is 5.02 Å². The number of halogens is 1. The van der Waals surface area contributed by atoms with Crippen molar-refractivity contribution < 1.29 is 4.79 Å². The molecule has 142 valence electrons. The molecule has 0 aliphatic heterocycles. The van der Waals surface area contributed by atoms with Crippen molar-refractivity contribution in [1.82, 2.24) is 9.97 Å². The van der Waals surface area contributed by atoms with Gasteiger partial charge in [0.2, 0.25) is 0 Å². The highest BCUT2D eigenvalue weighted by Gasteiger charge is 2.61. The molecule has 5 rings (SSSR count). The molecule has 1 fully saturated rings. The van der Waals surface area contributed by atoms with Gasteiger partial charge in [-0.2, -0.15) is 0 Å². The summed E-state index contributed by atoms with van der Waals surface area (Å²) in [6, 6.07) is 12.7. The van der Waals surface area contributed by atoms with Crippen LogP contribution >= 0.6 is 11.6 Å². The summed E-state index contributed by atoms with van der Waals surface area (Å²) in [5, 5.41) is 3.48. The first-order chi connectivity index (χ1) is 13.3. The quantitative estimate of drug-likeness (QED) is 0.608. The van der Waals surface area contributed by atoms with Crippen LogP contribution in [-0.4, -0.2) is 15.9 Å². The Morgan fingerprint density at radius 2 is 1.93 bits per heavy atom. The van der Waals surface area contributed by atoms with Crippen molar-refractivity contribution in [2.75, 3.05) is 5.32 Å². The Kier molecular flexibility index (Phi) is 3.63. The second kappa shape index (κ2) is 5.77. The second-order valence-corrected chi connectivity index (χ2v) is 9.21. The third-order valence-corrected chi connectivity index (χ3v) is 7.35. The summed E-state index contributed by atoms with van der Waals surface area (Å²) in [4.78, 5) is 22.5. The number of rotatable bonds is 2. The fraction of sp³-hybridized carbons (Fsp3) is 0.348. The Bertz CT molecular complexity index is 1140. The number of hydrogen-bond acceptors (Lipinski definition) is 3. The lowest BCUT2D eigenvalue weighted by molar-refractivity contribution is 0.102. The number of nitrogens with zero attached hydrogens (tertiary/aromatic N) is 2. The molecule has 2 bridgehead atoms. The van der Waals surface area contributed by atoms with Crippen molar-refractivity contribution in [3.8, 4) is 0 Å². The number of anilines is 1. The number of carbonyl (C=O) groups excluding carboxylic acids is 1. The maximum absolute atomic E-state index is 12.5. The minimum Gasteiger partial charge on any atom is -0.322 e. The highest BCUT2D eigenvalue weighted by atomic mass is 35.5. The fourth-order valence-electron chi connectivity index (χ4n) is 5.03. The van der Waals surface area contributed by atoms with Gasteiger partial charge in [0.15, 0.2) is 0 Å². The number of fused-ring (bicyclic) bond motifs is 6. The van der Waals surface area contributed by atoms with E-state index in [4.69, 9.17) is 21.6 Å². The van der Waals surface area contributed by atoms with Gasteiger partial charge in [0.1, 0.15) is 0 Å². The van der Waals surface area contributed by atoms with E-state index in [2.05, 4.69) is 26.1 Å². The molecule has 5 heteroatoms. The predicted molar refractivity (Wildman–Crippen MR) is 112 cm³/mol. The highest BCUT2D eigenvalue weighted by Crippen LogP contribution is 2.66. The summed E-state index contributed by atoms with van der Waals surface area (Å²) in [5.41, 5.74) is 5.52.